The summed E-state index contributed by atoms with van der Waals surface area (Å²) in [7, 11) is 0. The van der Waals surface area contributed by atoms with Crippen LogP contribution in [0, 0.1) is 13.8 Å². The quantitative estimate of drug-likeness (QED) is 0.911. The van der Waals surface area contributed by atoms with Crippen LogP contribution in [0.25, 0.3) is 0 Å². The third kappa shape index (κ3) is 3.48. The van der Waals surface area contributed by atoms with E-state index < -0.39 is 0 Å². The van der Waals surface area contributed by atoms with Gasteiger partial charge in [-0.25, -0.2) is 9.67 Å². The Bertz CT molecular complexity index is 801. The lowest BCUT2D eigenvalue weighted by atomic mass is 9.91. The highest BCUT2D eigenvalue weighted by Crippen LogP contribution is 2.31. The summed E-state index contributed by atoms with van der Waals surface area (Å²) in [6.07, 6.45) is 4.83. The molecule has 4 rings (SSSR count). The number of nitrogens with zero attached hydrogens (tertiary/aromatic N) is 3. The van der Waals surface area contributed by atoms with E-state index in [4.69, 9.17) is 4.74 Å². The van der Waals surface area contributed by atoms with E-state index in [-0.39, 0.29) is 11.6 Å². The molecule has 0 radical (unpaired) electrons. The minimum atomic E-state index is 0.00633. The number of ether oxygens (including phenoxy) is 1. The average molecular weight is 360 g/mol. The Morgan fingerprint density at radius 2 is 2.08 bits per heavy atom. The van der Waals surface area contributed by atoms with Gasteiger partial charge in [0.15, 0.2) is 5.13 Å². The molecule has 1 fully saturated rings. The number of hydrogen-bond donors (Lipinski definition) is 1. The zero-order valence-corrected chi connectivity index (χ0v) is 15.6. The standard InChI is InChI=1S/C18H24N4O2S/c1-11-12(2)25-18(19-11)20-14-3-5-15(6-4-14)22-17(23)9-13-10-24-8-7-16(13)21-22/h9,14-15H,3-8,10H2,1-2H3,(H,19,20). The van der Waals surface area contributed by atoms with Crippen LogP contribution >= 0.6 is 11.3 Å². The predicted molar refractivity (Wildman–Crippen MR) is 98.4 cm³/mol. The number of hydrogen-bond acceptors (Lipinski definition) is 6. The minimum absolute atomic E-state index is 0.00633. The van der Waals surface area contributed by atoms with E-state index in [9.17, 15) is 4.79 Å². The lowest BCUT2D eigenvalue weighted by molar-refractivity contribution is 0.107. The number of thiazole rings is 1. The minimum Gasteiger partial charge on any atom is -0.376 e. The highest BCUT2D eigenvalue weighted by atomic mass is 32.1. The third-order valence-corrected chi connectivity index (χ3v) is 6.27. The smallest absolute Gasteiger partial charge is 0.267 e. The molecule has 6 nitrogen and oxygen atoms in total. The summed E-state index contributed by atoms with van der Waals surface area (Å²) >= 11 is 1.72. The molecule has 2 aromatic rings. The summed E-state index contributed by atoms with van der Waals surface area (Å²) in [6.45, 7) is 5.37. The van der Waals surface area contributed by atoms with Crippen molar-refractivity contribution >= 4 is 16.5 Å². The van der Waals surface area contributed by atoms with Crippen LogP contribution in [0.4, 0.5) is 5.13 Å². The van der Waals surface area contributed by atoms with Gasteiger partial charge in [0.1, 0.15) is 0 Å². The molecule has 25 heavy (non-hydrogen) atoms. The van der Waals surface area contributed by atoms with Crippen LogP contribution < -0.4 is 10.9 Å². The highest BCUT2D eigenvalue weighted by Gasteiger charge is 2.25. The Balaban J connectivity index is 1.42. The van der Waals surface area contributed by atoms with E-state index in [1.165, 1.54) is 4.88 Å². The van der Waals surface area contributed by atoms with Crippen LogP contribution in [-0.2, 0) is 17.8 Å². The number of anilines is 1. The zero-order valence-electron chi connectivity index (χ0n) is 14.7. The Morgan fingerprint density at radius 1 is 1.28 bits per heavy atom. The Kier molecular flexibility index (Phi) is 4.60. The van der Waals surface area contributed by atoms with E-state index in [2.05, 4.69) is 22.3 Å². The molecule has 0 saturated heterocycles. The molecule has 0 amide bonds. The van der Waals surface area contributed by atoms with E-state index in [1.54, 1.807) is 22.1 Å². The molecule has 0 atom stereocenters. The molecule has 0 unspecified atom stereocenters. The molecule has 7 heteroatoms. The summed E-state index contributed by atoms with van der Waals surface area (Å²) in [4.78, 5) is 18.3. The summed E-state index contributed by atoms with van der Waals surface area (Å²) in [6, 6.07) is 2.36. The monoisotopic (exact) mass is 360 g/mol. The first kappa shape index (κ1) is 16.7. The maximum absolute atomic E-state index is 12.4. The van der Waals surface area contributed by atoms with Gasteiger partial charge in [-0.05, 0) is 39.5 Å². The maximum atomic E-state index is 12.4. The Labute approximate surface area is 151 Å². The third-order valence-electron chi connectivity index (χ3n) is 5.26. The molecule has 0 spiro atoms. The van der Waals surface area contributed by atoms with Crippen molar-refractivity contribution in [1.29, 1.82) is 0 Å². The van der Waals surface area contributed by atoms with E-state index in [0.717, 1.165) is 54.2 Å². The van der Waals surface area contributed by atoms with Crippen LogP contribution in [0.5, 0.6) is 0 Å². The second-order valence-corrected chi connectivity index (χ2v) is 8.22. The first-order valence-corrected chi connectivity index (χ1v) is 9.81. The molecule has 0 aromatic carbocycles. The molecule has 1 aliphatic carbocycles. The fraction of sp³-hybridized carbons (Fsp3) is 0.611. The SMILES string of the molecule is Cc1nc(NC2CCC(n3nc4c(cc3=O)COCC4)CC2)sc1C. The van der Waals surface area contributed by atoms with Crippen molar-refractivity contribution in [3.05, 3.63) is 38.2 Å². The fourth-order valence-corrected chi connectivity index (χ4v) is 4.56. The lowest BCUT2D eigenvalue weighted by Gasteiger charge is -2.30. The molecule has 1 saturated carbocycles. The van der Waals surface area contributed by atoms with Gasteiger partial charge in [-0.15, -0.1) is 11.3 Å². The van der Waals surface area contributed by atoms with Gasteiger partial charge in [-0.1, -0.05) is 0 Å². The number of nitrogens with one attached hydrogen (secondary N) is 1. The normalized spacial score (nSPS) is 23.3. The predicted octanol–water partition coefficient (Wildman–Crippen LogP) is 2.99. The highest BCUT2D eigenvalue weighted by molar-refractivity contribution is 7.15. The molecular formula is C18H24N4O2S. The van der Waals surface area contributed by atoms with Crippen molar-refractivity contribution in [1.82, 2.24) is 14.8 Å². The second kappa shape index (κ2) is 6.88. The summed E-state index contributed by atoms with van der Waals surface area (Å²) in [5, 5.41) is 9.23. The van der Waals surface area contributed by atoms with Gasteiger partial charge in [-0.3, -0.25) is 4.79 Å². The maximum Gasteiger partial charge on any atom is 0.267 e. The molecule has 2 aromatic heterocycles. The number of aromatic nitrogens is 3. The molecule has 134 valence electrons. The van der Waals surface area contributed by atoms with Gasteiger partial charge >= 0.3 is 0 Å². The summed E-state index contributed by atoms with van der Waals surface area (Å²) in [5.74, 6) is 0. The molecule has 2 aliphatic rings. The van der Waals surface area contributed by atoms with Gasteiger partial charge in [0.05, 0.1) is 30.6 Å². The molecule has 1 aliphatic heterocycles. The number of fused-ring (bicyclic) bond motifs is 1. The van der Waals surface area contributed by atoms with E-state index >= 15 is 0 Å². The average Bonchev–Trinajstić information content (AvgIpc) is 2.92. The lowest BCUT2D eigenvalue weighted by Crippen LogP contribution is -2.35. The van der Waals surface area contributed by atoms with Gasteiger partial charge < -0.3 is 10.1 Å². The zero-order chi connectivity index (χ0) is 17.4. The Hall–Kier alpha value is -1.73. The van der Waals surface area contributed by atoms with Crippen LogP contribution in [0.15, 0.2) is 10.9 Å². The largest absolute Gasteiger partial charge is 0.376 e. The van der Waals surface area contributed by atoms with Crippen molar-refractivity contribution in [3.63, 3.8) is 0 Å². The molecule has 1 N–H and O–H groups in total. The van der Waals surface area contributed by atoms with E-state index in [0.29, 0.717) is 19.3 Å². The van der Waals surface area contributed by atoms with Crippen LogP contribution in [0.1, 0.15) is 53.6 Å². The van der Waals surface area contributed by atoms with Gasteiger partial charge in [0.25, 0.3) is 5.56 Å². The second-order valence-electron chi connectivity index (χ2n) is 7.01. The first-order valence-electron chi connectivity index (χ1n) is 9.00. The molecule has 3 heterocycles. The van der Waals surface area contributed by atoms with Crippen molar-refractivity contribution in [2.45, 2.75) is 64.6 Å². The molecular weight excluding hydrogens is 336 g/mol. The summed E-state index contributed by atoms with van der Waals surface area (Å²) in [5.41, 5.74) is 3.10. The van der Waals surface area contributed by atoms with Crippen LogP contribution in [0.2, 0.25) is 0 Å². The van der Waals surface area contributed by atoms with Crippen LogP contribution in [-0.4, -0.2) is 27.4 Å². The van der Waals surface area contributed by atoms with Crippen molar-refractivity contribution < 1.29 is 4.74 Å². The number of aryl methyl sites for hydroxylation is 2. The van der Waals surface area contributed by atoms with Gasteiger partial charge in [-0.2, -0.15) is 5.10 Å². The van der Waals surface area contributed by atoms with Gasteiger partial charge in [0.2, 0.25) is 0 Å². The fourth-order valence-electron chi connectivity index (χ4n) is 3.66. The molecule has 0 bridgehead atoms. The topological polar surface area (TPSA) is 69.0 Å². The van der Waals surface area contributed by atoms with Gasteiger partial charge in [0, 0.05) is 29.0 Å². The first-order chi connectivity index (χ1) is 12.1. The van der Waals surface area contributed by atoms with Crippen LogP contribution in [0.3, 0.4) is 0 Å². The Morgan fingerprint density at radius 3 is 2.80 bits per heavy atom. The number of rotatable bonds is 3. The van der Waals surface area contributed by atoms with Crippen molar-refractivity contribution in [2.24, 2.45) is 0 Å². The summed E-state index contributed by atoms with van der Waals surface area (Å²) < 4.78 is 7.14. The van der Waals surface area contributed by atoms with Crippen molar-refractivity contribution in [2.75, 3.05) is 11.9 Å². The van der Waals surface area contributed by atoms with Crippen molar-refractivity contribution in [3.8, 4) is 0 Å². The van der Waals surface area contributed by atoms with E-state index in [1.807, 2.05) is 6.92 Å².